The van der Waals surface area contributed by atoms with Crippen LogP contribution in [0.5, 0.6) is 0 Å². The summed E-state index contributed by atoms with van der Waals surface area (Å²) >= 11 is 3.91. The topological polar surface area (TPSA) is 282 Å². The largest absolute Gasteiger partial charge is 0.480 e. The van der Waals surface area contributed by atoms with Gasteiger partial charge in [-0.05, 0) is 19.8 Å². The van der Waals surface area contributed by atoms with Crippen LogP contribution in [0, 0.1) is 0 Å². The Bertz CT molecular complexity index is 775. The van der Waals surface area contributed by atoms with E-state index < -0.39 is 62.3 Å². The normalized spacial score (nSPS) is 14.8. The molecule has 0 aromatic carbocycles. The Morgan fingerprint density at radius 3 is 2.12 bits per heavy atom. The Morgan fingerprint density at radius 2 is 1.64 bits per heavy atom. The number of hydrogen-bond donors (Lipinski definition) is 10. The van der Waals surface area contributed by atoms with Gasteiger partial charge in [0.25, 0.3) is 0 Å². The van der Waals surface area contributed by atoms with Gasteiger partial charge in [0.05, 0.1) is 12.6 Å². The number of nitrogens with two attached hydrogens (primary N) is 3. The van der Waals surface area contributed by atoms with E-state index in [-0.39, 0.29) is 31.1 Å². The Balaban J connectivity index is 5.14. The van der Waals surface area contributed by atoms with Crippen molar-refractivity contribution in [1.29, 1.82) is 0 Å². The maximum absolute atomic E-state index is 12.6. The highest BCUT2D eigenvalue weighted by atomic mass is 32.1. The summed E-state index contributed by atoms with van der Waals surface area (Å²) in [4.78, 5) is 69.2. The van der Waals surface area contributed by atoms with Gasteiger partial charge in [-0.1, -0.05) is 0 Å². The zero-order valence-corrected chi connectivity index (χ0v) is 19.5. The molecular weight excluding hydrogens is 485 g/mol. The number of carbonyl (C=O) groups excluding carboxylic acids is 3. The van der Waals surface area contributed by atoms with Gasteiger partial charge in [-0.25, -0.2) is 9.36 Å². The standard InChI is InChI=1S/C15H30N7O9PS/c1-7(11(23)22-10(14(26)27)5-31-32(28,29)30)20-13(25)9(3-2-4-19-15(17)18)21-12(24)8(16)6-33/h7-10,33H,2-6,16H2,1H3,(H,20,25)(H,21,24)(H,22,23)(H,26,27)(H4,17,18,19)(H2,28,29,30)/t7-,8-,9-,10-/m0/s1. The lowest BCUT2D eigenvalue weighted by atomic mass is 10.1. The monoisotopic (exact) mass is 515 g/mol. The highest BCUT2D eigenvalue weighted by molar-refractivity contribution is 7.80. The molecule has 18 heteroatoms. The van der Waals surface area contributed by atoms with E-state index in [0.717, 1.165) is 0 Å². The average molecular weight is 515 g/mol. The average Bonchev–Trinajstić information content (AvgIpc) is 2.70. The predicted octanol–water partition coefficient (Wildman–Crippen LogP) is -4.03. The van der Waals surface area contributed by atoms with Gasteiger partial charge in [-0.2, -0.15) is 12.6 Å². The molecule has 0 spiro atoms. The lowest BCUT2D eigenvalue weighted by Gasteiger charge is -2.23. The van der Waals surface area contributed by atoms with E-state index in [9.17, 15) is 23.7 Å². The first-order valence-electron chi connectivity index (χ1n) is 9.43. The molecule has 0 aromatic rings. The van der Waals surface area contributed by atoms with Crippen molar-refractivity contribution in [3.8, 4) is 0 Å². The number of carboxylic acids is 1. The number of nitrogens with zero attached hydrogens (tertiary/aromatic N) is 1. The molecule has 0 saturated carbocycles. The van der Waals surface area contributed by atoms with Gasteiger partial charge < -0.3 is 48.0 Å². The third-order valence-electron chi connectivity index (χ3n) is 3.89. The molecule has 16 nitrogen and oxygen atoms in total. The van der Waals surface area contributed by atoms with Crippen molar-refractivity contribution in [2.24, 2.45) is 22.2 Å². The number of rotatable bonds is 15. The first-order chi connectivity index (χ1) is 15.2. The van der Waals surface area contributed by atoms with Gasteiger partial charge in [-0.3, -0.25) is 23.9 Å². The number of phosphoric ester groups is 1. The third-order valence-corrected chi connectivity index (χ3v) is 4.77. The van der Waals surface area contributed by atoms with E-state index in [1.807, 2.05) is 5.32 Å². The van der Waals surface area contributed by atoms with Crippen LogP contribution >= 0.6 is 20.5 Å². The molecule has 0 heterocycles. The van der Waals surface area contributed by atoms with Crippen LogP contribution in [0.15, 0.2) is 4.99 Å². The summed E-state index contributed by atoms with van der Waals surface area (Å²) in [5.41, 5.74) is 16.0. The number of phosphoric acid groups is 1. The summed E-state index contributed by atoms with van der Waals surface area (Å²) in [5, 5.41) is 15.8. The molecule has 0 radical (unpaired) electrons. The van der Waals surface area contributed by atoms with Gasteiger partial charge in [0, 0.05) is 12.3 Å². The minimum Gasteiger partial charge on any atom is -0.480 e. The molecule has 0 saturated heterocycles. The molecule has 4 atom stereocenters. The summed E-state index contributed by atoms with van der Waals surface area (Å²) in [5.74, 6) is -4.19. The molecule has 0 unspecified atom stereocenters. The minimum absolute atomic E-state index is 0.0141. The van der Waals surface area contributed by atoms with E-state index in [1.54, 1.807) is 0 Å². The van der Waals surface area contributed by atoms with Gasteiger partial charge in [0.1, 0.15) is 12.1 Å². The molecule has 3 amide bonds. The van der Waals surface area contributed by atoms with Crippen molar-refractivity contribution >= 4 is 50.1 Å². The van der Waals surface area contributed by atoms with Crippen molar-refractivity contribution in [2.75, 3.05) is 18.9 Å². The molecule has 33 heavy (non-hydrogen) atoms. The zero-order chi connectivity index (χ0) is 25.8. The van der Waals surface area contributed by atoms with E-state index in [2.05, 4.69) is 32.8 Å². The summed E-state index contributed by atoms with van der Waals surface area (Å²) in [7, 11) is -4.97. The van der Waals surface area contributed by atoms with E-state index in [4.69, 9.17) is 32.1 Å². The Labute approximate surface area is 194 Å². The third kappa shape index (κ3) is 13.7. The Morgan fingerprint density at radius 1 is 1.06 bits per heavy atom. The summed E-state index contributed by atoms with van der Waals surface area (Å²) < 4.78 is 14.8. The van der Waals surface area contributed by atoms with Gasteiger partial charge in [0.15, 0.2) is 12.0 Å². The first-order valence-corrected chi connectivity index (χ1v) is 11.6. The Hall–Kier alpha value is -2.43. The van der Waals surface area contributed by atoms with Gasteiger partial charge in [-0.15, -0.1) is 0 Å². The number of hydrogen-bond acceptors (Lipinski definition) is 9. The molecule has 190 valence electrons. The quantitative estimate of drug-likeness (QED) is 0.0328. The van der Waals surface area contributed by atoms with Gasteiger partial charge in [0.2, 0.25) is 17.7 Å². The molecule has 0 aliphatic rings. The second kappa shape index (κ2) is 14.7. The number of thiol groups is 1. The summed E-state index contributed by atoms with van der Waals surface area (Å²) in [6, 6.07) is -5.20. The maximum atomic E-state index is 12.6. The molecule has 0 fully saturated rings. The van der Waals surface area contributed by atoms with E-state index in [0.29, 0.717) is 0 Å². The zero-order valence-electron chi connectivity index (χ0n) is 17.7. The number of carboxylic acid groups (broad SMARTS) is 1. The molecule has 0 aromatic heterocycles. The number of nitrogens with one attached hydrogen (secondary N) is 3. The Kier molecular flexibility index (Phi) is 13.6. The fourth-order valence-electron chi connectivity index (χ4n) is 2.16. The van der Waals surface area contributed by atoms with E-state index in [1.165, 1.54) is 6.92 Å². The number of aliphatic imine (C=N–C) groups is 1. The fourth-order valence-corrected chi connectivity index (χ4v) is 2.67. The molecule has 0 aliphatic carbocycles. The smallest absolute Gasteiger partial charge is 0.469 e. The van der Waals surface area contributed by atoms with Crippen LogP contribution in [0.4, 0.5) is 0 Å². The first kappa shape index (κ1) is 30.6. The van der Waals surface area contributed by atoms with Crippen LogP contribution in [-0.4, -0.2) is 87.6 Å². The van der Waals surface area contributed by atoms with Crippen molar-refractivity contribution < 1.29 is 43.2 Å². The second-order valence-corrected chi connectivity index (χ2v) is 8.32. The number of aliphatic carboxylic acids is 1. The number of amides is 3. The predicted molar refractivity (Wildman–Crippen MR) is 119 cm³/mol. The fraction of sp³-hybridized carbons (Fsp3) is 0.667. The van der Waals surface area contributed by atoms with Gasteiger partial charge >= 0.3 is 13.8 Å². The van der Waals surface area contributed by atoms with Crippen LogP contribution in [0.25, 0.3) is 0 Å². The number of carbonyl (C=O) groups is 4. The van der Waals surface area contributed by atoms with Crippen LogP contribution in [0.3, 0.4) is 0 Å². The SMILES string of the molecule is C[C@H](NC(=O)[C@H](CCCN=C(N)N)NC(=O)[C@@H](N)CS)C(=O)N[C@@H](COP(=O)(O)O)C(=O)O. The lowest BCUT2D eigenvalue weighted by molar-refractivity contribution is -0.143. The van der Waals surface area contributed by atoms with Crippen LogP contribution in [0.1, 0.15) is 19.8 Å². The highest BCUT2D eigenvalue weighted by Gasteiger charge is 2.29. The maximum Gasteiger partial charge on any atom is 0.469 e. The van der Waals surface area contributed by atoms with Crippen LogP contribution in [0.2, 0.25) is 0 Å². The van der Waals surface area contributed by atoms with E-state index >= 15 is 0 Å². The van der Waals surface area contributed by atoms with Crippen molar-refractivity contribution in [2.45, 2.75) is 43.9 Å². The summed E-state index contributed by atoms with van der Waals surface area (Å²) in [6.07, 6.45) is 0.365. The van der Waals surface area contributed by atoms with Crippen LogP contribution in [-0.2, 0) is 28.3 Å². The van der Waals surface area contributed by atoms with Crippen LogP contribution < -0.4 is 33.2 Å². The van der Waals surface area contributed by atoms with Crippen molar-refractivity contribution in [3.63, 3.8) is 0 Å². The summed E-state index contributed by atoms with van der Waals surface area (Å²) in [6.45, 7) is 0.376. The molecular formula is C15H30N7O9PS. The highest BCUT2D eigenvalue weighted by Crippen LogP contribution is 2.35. The molecule has 0 rings (SSSR count). The van der Waals surface area contributed by atoms with Crippen molar-refractivity contribution in [3.05, 3.63) is 0 Å². The lowest BCUT2D eigenvalue weighted by Crippen LogP contribution is -2.56. The van der Waals surface area contributed by atoms with Crippen molar-refractivity contribution in [1.82, 2.24) is 16.0 Å². The second-order valence-electron chi connectivity index (χ2n) is 6.72. The number of guanidine groups is 1. The molecule has 0 bridgehead atoms. The molecule has 0 aliphatic heterocycles. The minimum atomic E-state index is -4.97. The molecule has 12 N–H and O–H groups in total.